The second kappa shape index (κ2) is 6.52. The molecule has 0 aliphatic carbocycles. The van der Waals surface area contributed by atoms with Gasteiger partial charge in [-0.25, -0.2) is 0 Å². The molecule has 2 aliphatic heterocycles. The third-order valence-electron chi connectivity index (χ3n) is 4.92. The molecule has 0 spiro atoms. The lowest BCUT2D eigenvalue weighted by Crippen LogP contribution is -2.41. The zero-order valence-electron chi connectivity index (χ0n) is 14.5. The number of hydrogen-bond donors (Lipinski definition) is 1. The van der Waals surface area contributed by atoms with Gasteiger partial charge in [0.15, 0.2) is 5.78 Å². The number of ether oxygens (including phenoxy) is 1. The van der Waals surface area contributed by atoms with Gasteiger partial charge in [-0.2, -0.15) is 0 Å². The van der Waals surface area contributed by atoms with Gasteiger partial charge >= 0.3 is 0 Å². The van der Waals surface area contributed by atoms with Crippen molar-refractivity contribution in [1.82, 2.24) is 4.90 Å². The maximum Gasteiger partial charge on any atom is 0.179 e. The Labute approximate surface area is 139 Å². The molecule has 1 N–H and O–H groups in total. The number of rotatable bonds is 3. The molecule has 0 saturated carbocycles. The number of hydrogen-bond acceptors (Lipinski definition) is 4. The van der Waals surface area contributed by atoms with E-state index in [2.05, 4.69) is 24.1 Å². The summed E-state index contributed by atoms with van der Waals surface area (Å²) < 4.78 is 5.96. The summed E-state index contributed by atoms with van der Waals surface area (Å²) in [5, 5.41) is 3.39. The van der Waals surface area contributed by atoms with Gasteiger partial charge in [-0.1, -0.05) is 12.8 Å². The molecule has 1 aromatic carbocycles. The van der Waals surface area contributed by atoms with E-state index in [0.29, 0.717) is 0 Å². The van der Waals surface area contributed by atoms with Crippen LogP contribution < -0.4 is 10.1 Å². The second-order valence-corrected chi connectivity index (χ2v) is 7.42. The standard InChI is InChI=1S/C19H28N2O2/c1-14(21-10-6-4-5-7-11-21)18(22)15-8-9-17-16(12-15)20-13-19(2,3)23-17/h8-9,12,14,20H,4-7,10-11,13H2,1-3H3. The summed E-state index contributed by atoms with van der Waals surface area (Å²) in [4.78, 5) is 15.2. The van der Waals surface area contributed by atoms with Crippen LogP contribution in [0.25, 0.3) is 0 Å². The van der Waals surface area contributed by atoms with Crippen LogP contribution in [-0.4, -0.2) is 42.0 Å². The molecule has 126 valence electrons. The predicted molar refractivity (Wildman–Crippen MR) is 93.5 cm³/mol. The highest BCUT2D eigenvalue weighted by Gasteiger charge is 2.28. The molecule has 23 heavy (non-hydrogen) atoms. The number of Topliss-reactive ketones (excluding diaryl/α,β-unsaturated/α-hetero) is 1. The van der Waals surface area contributed by atoms with E-state index in [-0.39, 0.29) is 17.4 Å². The summed E-state index contributed by atoms with van der Waals surface area (Å²) in [6.45, 7) is 8.98. The minimum absolute atomic E-state index is 0.0490. The van der Waals surface area contributed by atoms with Crippen molar-refractivity contribution in [2.45, 2.75) is 58.1 Å². The maximum atomic E-state index is 12.9. The van der Waals surface area contributed by atoms with E-state index < -0.39 is 0 Å². The molecule has 1 aromatic rings. The molecule has 2 heterocycles. The van der Waals surface area contributed by atoms with Gasteiger partial charge < -0.3 is 10.1 Å². The number of carbonyl (C=O) groups is 1. The van der Waals surface area contributed by atoms with Gasteiger partial charge in [-0.05, 0) is 64.9 Å². The van der Waals surface area contributed by atoms with Crippen molar-refractivity contribution < 1.29 is 9.53 Å². The highest BCUT2D eigenvalue weighted by atomic mass is 16.5. The van der Waals surface area contributed by atoms with Crippen molar-refractivity contribution in [3.8, 4) is 5.75 Å². The predicted octanol–water partition coefficient (Wildman–Crippen LogP) is 3.72. The van der Waals surface area contributed by atoms with Gasteiger partial charge in [0.25, 0.3) is 0 Å². The van der Waals surface area contributed by atoms with Gasteiger partial charge in [-0.15, -0.1) is 0 Å². The molecular formula is C19H28N2O2. The Morgan fingerprint density at radius 2 is 1.91 bits per heavy atom. The van der Waals surface area contributed by atoms with E-state index >= 15 is 0 Å². The molecule has 0 aromatic heterocycles. The molecule has 1 fully saturated rings. The van der Waals surface area contributed by atoms with Gasteiger partial charge in [0.05, 0.1) is 18.3 Å². The molecule has 0 bridgehead atoms. The van der Waals surface area contributed by atoms with Crippen LogP contribution in [0.2, 0.25) is 0 Å². The molecule has 1 atom stereocenters. The lowest BCUT2D eigenvalue weighted by atomic mass is 10.0. The van der Waals surface area contributed by atoms with E-state index in [4.69, 9.17) is 4.74 Å². The number of ketones is 1. The number of likely N-dealkylation sites (tertiary alicyclic amines) is 1. The number of carbonyl (C=O) groups excluding carboxylic acids is 1. The minimum atomic E-state index is -0.210. The van der Waals surface area contributed by atoms with Crippen LogP contribution in [0.4, 0.5) is 5.69 Å². The van der Waals surface area contributed by atoms with E-state index in [1.54, 1.807) is 0 Å². The molecule has 1 unspecified atom stereocenters. The number of fused-ring (bicyclic) bond motifs is 1. The van der Waals surface area contributed by atoms with Crippen LogP contribution >= 0.6 is 0 Å². The lowest BCUT2D eigenvalue weighted by molar-refractivity contribution is 0.0842. The fourth-order valence-electron chi connectivity index (χ4n) is 3.44. The van der Waals surface area contributed by atoms with E-state index in [9.17, 15) is 4.79 Å². The Morgan fingerprint density at radius 1 is 1.22 bits per heavy atom. The van der Waals surface area contributed by atoms with Crippen molar-refractivity contribution >= 4 is 11.5 Å². The molecule has 2 aliphatic rings. The van der Waals surface area contributed by atoms with Crippen molar-refractivity contribution in [3.63, 3.8) is 0 Å². The number of anilines is 1. The Hall–Kier alpha value is -1.55. The topological polar surface area (TPSA) is 41.6 Å². The van der Waals surface area contributed by atoms with Crippen molar-refractivity contribution in [3.05, 3.63) is 23.8 Å². The average Bonchev–Trinajstić information content (AvgIpc) is 2.81. The lowest BCUT2D eigenvalue weighted by Gasteiger charge is -2.34. The first kappa shape index (κ1) is 16.3. The molecule has 4 nitrogen and oxygen atoms in total. The summed E-state index contributed by atoms with van der Waals surface area (Å²) in [5.41, 5.74) is 1.49. The zero-order chi connectivity index (χ0) is 16.4. The highest BCUT2D eigenvalue weighted by Crippen LogP contribution is 2.33. The van der Waals surface area contributed by atoms with Crippen LogP contribution in [0, 0.1) is 0 Å². The van der Waals surface area contributed by atoms with Crippen molar-refractivity contribution in [2.24, 2.45) is 0 Å². The van der Waals surface area contributed by atoms with Crippen molar-refractivity contribution in [1.29, 1.82) is 0 Å². The molecule has 3 rings (SSSR count). The Kier molecular flexibility index (Phi) is 4.62. The molecule has 1 saturated heterocycles. The van der Waals surface area contributed by atoms with Gasteiger partial charge in [0, 0.05) is 5.56 Å². The monoisotopic (exact) mass is 316 g/mol. The van der Waals surface area contributed by atoms with Crippen LogP contribution in [0.5, 0.6) is 5.75 Å². The molecule has 0 radical (unpaired) electrons. The van der Waals surface area contributed by atoms with Gasteiger partial charge in [0.1, 0.15) is 11.4 Å². The van der Waals surface area contributed by atoms with E-state index in [0.717, 1.165) is 36.6 Å². The first-order chi connectivity index (χ1) is 11.0. The van der Waals surface area contributed by atoms with Crippen LogP contribution in [-0.2, 0) is 0 Å². The normalized spacial score (nSPS) is 22.2. The first-order valence-electron chi connectivity index (χ1n) is 8.81. The quantitative estimate of drug-likeness (QED) is 0.863. The number of nitrogens with one attached hydrogen (secondary N) is 1. The second-order valence-electron chi connectivity index (χ2n) is 7.42. The highest BCUT2D eigenvalue weighted by molar-refractivity contribution is 6.01. The van der Waals surface area contributed by atoms with Crippen LogP contribution in [0.3, 0.4) is 0 Å². The molecule has 4 heteroatoms. The summed E-state index contributed by atoms with van der Waals surface area (Å²) >= 11 is 0. The summed E-state index contributed by atoms with van der Waals surface area (Å²) in [7, 11) is 0. The van der Waals surface area contributed by atoms with Gasteiger partial charge in [-0.3, -0.25) is 9.69 Å². The molecule has 0 amide bonds. The third kappa shape index (κ3) is 3.69. The van der Waals surface area contributed by atoms with Gasteiger partial charge in [0.2, 0.25) is 0 Å². The maximum absolute atomic E-state index is 12.9. The average molecular weight is 316 g/mol. The summed E-state index contributed by atoms with van der Waals surface area (Å²) in [6.07, 6.45) is 4.97. The number of nitrogens with zero attached hydrogens (tertiary/aromatic N) is 1. The third-order valence-corrected chi connectivity index (χ3v) is 4.92. The Bertz CT molecular complexity index is 575. The van der Waals surface area contributed by atoms with Crippen LogP contribution in [0.1, 0.15) is 56.8 Å². The SMILES string of the molecule is CC(C(=O)c1ccc2c(c1)NCC(C)(C)O2)N1CCCCCC1. The van der Waals surface area contributed by atoms with Crippen LogP contribution in [0.15, 0.2) is 18.2 Å². The Balaban J connectivity index is 1.75. The summed E-state index contributed by atoms with van der Waals surface area (Å²) in [6, 6.07) is 5.72. The fourth-order valence-corrected chi connectivity index (χ4v) is 3.44. The number of benzene rings is 1. The van der Waals surface area contributed by atoms with Crippen molar-refractivity contribution in [2.75, 3.05) is 25.0 Å². The molecular weight excluding hydrogens is 288 g/mol. The Morgan fingerprint density at radius 3 is 2.61 bits per heavy atom. The zero-order valence-corrected chi connectivity index (χ0v) is 14.5. The fraction of sp³-hybridized carbons (Fsp3) is 0.632. The smallest absolute Gasteiger partial charge is 0.179 e. The minimum Gasteiger partial charge on any atom is -0.484 e. The largest absolute Gasteiger partial charge is 0.484 e. The van der Waals surface area contributed by atoms with E-state index in [1.165, 1.54) is 25.7 Å². The summed E-state index contributed by atoms with van der Waals surface area (Å²) in [5.74, 6) is 1.04. The first-order valence-corrected chi connectivity index (χ1v) is 8.81. The van der Waals surface area contributed by atoms with E-state index in [1.807, 2.05) is 25.1 Å².